The summed E-state index contributed by atoms with van der Waals surface area (Å²) in [6.07, 6.45) is 0.938. The maximum atomic E-state index is 12.2. The van der Waals surface area contributed by atoms with Crippen LogP contribution in [0.4, 0.5) is 0 Å². The largest absolute Gasteiger partial charge is 0.489 e. The van der Waals surface area contributed by atoms with E-state index in [-0.39, 0.29) is 11.9 Å². The van der Waals surface area contributed by atoms with Gasteiger partial charge in [-0.15, -0.1) is 0 Å². The Morgan fingerprint density at radius 3 is 2.75 bits per heavy atom. The normalized spacial score (nSPS) is 16.9. The molecule has 0 saturated carbocycles. The Morgan fingerprint density at radius 1 is 1.20 bits per heavy atom. The average Bonchev–Trinajstić information content (AvgIpc) is 2.48. The molecule has 0 amide bonds. The molecule has 1 atom stereocenters. The summed E-state index contributed by atoms with van der Waals surface area (Å²) < 4.78 is 5.88. The van der Waals surface area contributed by atoms with Gasteiger partial charge in [0.15, 0.2) is 5.78 Å². The van der Waals surface area contributed by atoms with Crippen molar-refractivity contribution in [3.05, 3.63) is 65.2 Å². The third-order valence-electron chi connectivity index (χ3n) is 3.42. The summed E-state index contributed by atoms with van der Waals surface area (Å²) in [6, 6.07) is 17.0. The first-order valence-corrected chi connectivity index (χ1v) is 6.54. The van der Waals surface area contributed by atoms with Crippen LogP contribution < -0.4 is 4.74 Å². The van der Waals surface area contributed by atoms with Gasteiger partial charge in [0.2, 0.25) is 0 Å². The zero-order valence-electron chi connectivity index (χ0n) is 10.9. The summed E-state index contributed by atoms with van der Waals surface area (Å²) in [5.74, 6) is 0.630. The number of carbonyl (C=O) groups excluding carboxylic acids is 1. The molecule has 1 heterocycles. The number of rotatable bonds is 2. The molecule has 98 valence electrons. The van der Waals surface area contributed by atoms with Crippen molar-refractivity contribution in [2.75, 3.05) is 0 Å². The third kappa shape index (κ3) is 2.41. The van der Waals surface area contributed by atoms with Crippen molar-refractivity contribution in [3.8, 4) is 11.8 Å². The molecule has 1 aliphatic rings. The molecular formula is C17H13NO2. The second-order valence-corrected chi connectivity index (χ2v) is 4.88. The zero-order chi connectivity index (χ0) is 13.9. The lowest BCUT2D eigenvalue weighted by molar-refractivity contribution is 0.0851. The Bertz CT molecular complexity index is 686. The number of ketones is 1. The fourth-order valence-electron chi connectivity index (χ4n) is 2.45. The number of ether oxygens (including phenoxy) is 1. The van der Waals surface area contributed by atoms with Crippen molar-refractivity contribution in [2.45, 2.75) is 18.9 Å². The highest BCUT2D eigenvalue weighted by Crippen LogP contribution is 2.29. The van der Waals surface area contributed by atoms with Crippen LogP contribution in [0.5, 0.6) is 5.75 Å². The number of carbonyl (C=O) groups is 1. The summed E-state index contributed by atoms with van der Waals surface area (Å²) in [5.41, 5.74) is 2.16. The number of benzene rings is 2. The van der Waals surface area contributed by atoms with Crippen LogP contribution in [0.25, 0.3) is 0 Å². The Balaban J connectivity index is 1.83. The molecular weight excluding hydrogens is 250 g/mol. The molecule has 3 heteroatoms. The van der Waals surface area contributed by atoms with E-state index >= 15 is 0 Å². The smallest absolute Gasteiger partial charge is 0.170 e. The van der Waals surface area contributed by atoms with Gasteiger partial charge in [-0.1, -0.05) is 30.3 Å². The van der Waals surface area contributed by atoms with Gasteiger partial charge in [-0.25, -0.2) is 0 Å². The van der Waals surface area contributed by atoms with E-state index in [1.807, 2.05) is 36.4 Å². The van der Waals surface area contributed by atoms with Gasteiger partial charge in [-0.2, -0.15) is 5.26 Å². The van der Waals surface area contributed by atoms with E-state index in [9.17, 15) is 4.79 Å². The van der Waals surface area contributed by atoms with Crippen molar-refractivity contribution in [1.82, 2.24) is 0 Å². The van der Waals surface area contributed by atoms with Gasteiger partial charge in [-0.05, 0) is 23.8 Å². The molecule has 0 radical (unpaired) electrons. The van der Waals surface area contributed by atoms with E-state index in [4.69, 9.17) is 10.00 Å². The third-order valence-corrected chi connectivity index (χ3v) is 3.42. The van der Waals surface area contributed by atoms with Crippen molar-refractivity contribution < 1.29 is 9.53 Å². The predicted octanol–water partition coefficient (Wildman–Crippen LogP) is 3.13. The lowest BCUT2D eigenvalue weighted by atomic mass is 9.95. The zero-order valence-corrected chi connectivity index (χ0v) is 10.9. The molecule has 1 aliphatic heterocycles. The Labute approximate surface area is 117 Å². The lowest BCUT2D eigenvalue weighted by Crippen LogP contribution is -2.28. The van der Waals surface area contributed by atoms with Crippen LogP contribution in [0.1, 0.15) is 27.9 Å². The monoisotopic (exact) mass is 263 g/mol. The summed E-state index contributed by atoms with van der Waals surface area (Å²) in [6.45, 7) is 0. The number of fused-ring (bicyclic) bond motifs is 1. The number of hydrogen-bond donors (Lipinski definition) is 0. The highest BCUT2D eigenvalue weighted by Gasteiger charge is 2.26. The molecule has 0 aliphatic carbocycles. The van der Waals surface area contributed by atoms with Crippen LogP contribution in [0.2, 0.25) is 0 Å². The van der Waals surface area contributed by atoms with Gasteiger partial charge in [0.1, 0.15) is 11.9 Å². The van der Waals surface area contributed by atoms with Crippen LogP contribution in [-0.4, -0.2) is 11.9 Å². The fraction of sp³-hybridized carbons (Fsp3) is 0.176. The first-order valence-electron chi connectivity index (χ1n) is 6.54. The quantitative estimate of drug-likeness (QED) is 0.836. The van der Waals surface area contributed by atoms with Gasteiger partial charge >= 0.3 is 0 Å². The molecule has 1 unspecified atom stereocenters. The van der Waals surface area contributed by atoms with E-state index in [2.05, 4.69) is 0 Å². The van der Waals surface area contributed by atoms with Gasteiger partial charge in [0.25, 0.3) is 0 Å². The molecule has 0 aromatic heterocycles. The second kappa shape index (κ2) is 5.18. The lowest BCUT2D eigenvalue weighted by Gasteiger charge is -2.25. The molecule has 2 aromatic rings. The summed E-state index contributed by atoms with van der Waals surface area (Å²) in [4.78, 5) is 12.2. The average molecular weight is 263 g/mol. The first kappa shape index (κ1) is 12.4. The van der Waals surface area contributed by atoms with Crippen molar-refractivity contribution >= 4 is 5.78 Å². The van der Waals surface area contributed by atoms with E-state index in [1.165, 1.54) is 0 Å². The molecule has 20 heavy (non-hydrogen) atoms. The summed E-state index contributed by atoms with van der Waals surface area (Å²) >= 11 is 0. The van der Waals surface area contributed by atoms with E-state index in [0.717, 1.165) is 5.56 Å². The number of hydrogen-bond acceptors (Lipinski definition) is 3. The highest BCUT2D eigenvalue weighted by atomic mass is 16.5. The topological polar surface area (TPSA) is 50.1 Å². The summed E-state index contributed by atoms with van der Waals surface area (Å²) in [5, 5.41) is 8.87. The molecule has 0 N–H and O–H groups in total. The molecule has 2 aromatic carbocycles. The highest BCUT2D eigenvalue weighted by molar-refractivity contribution is 6.00. The van der Waals surface area contributed by atoms with Crippen LogP contribution in [-0.2, 0) is 6.42 Å². The molecule has 3 nitrogen and oxygen atoms in total. The minimum absolute atomic E-state index is 0.0456. The van der Waals surface area contributed by atoms with E-state index < -0.39 is 0 Å². The van der Waals surface area contributed by atoms with E-state index in [1.54, 1.807) is 18.2 Å². The minimum atomic E-state index is -0.134. The molecule has 0 saturated heterocycles. The summed E-state index contributed by atoms with van der Waals surface area (Å²) in [7, 11) is 0. The van der Waals surface area contributed by atoms with Crippen LogP contribution in [0.3, 0.4) is 0 Å². The van der Waals surface area contributed by atoms with Crippen molar-refractivity contribution in [3.63, 3.8) is 0 Å². The van der Waals surface area contributed by atoms with Crippen molar-refractivity contribution in [2.24, 2.45) is 0 Å². The van der Waals surface area contributed by atoms with Crippen LogP contribution in [0.15, 0.2) is 48.5 Å². The van der Waals surface area contributed by atoms with Gasteiger partial charge in [-0.3, -0.25) is 4.79 Å². The molecule has 0 spiro atoms. The second-order valence-electron chi connectivity index (χ2n) is 4.88. The Hall–Kier alpha value is -2.60. The van der Waals surface area contributed by atoms with E-state index in [0.29, 0.717) is 29.7 Å². The van der Waals surface area contributed by atoms with Gasteiger partial charge in [0, 0.05) is 12.8 Å². The van der Waals surface area contributed by atoms with Crippen molar-refractivity contribution in [1.29, 1.82) is 5.26 Å². The maximum absolute atomic E-state index is 12.2. The molecule has 0 bridgehead atoms. The number of nitrogens with zero attached hydrogens (tertiary/aromatic N) is 1. The van der Waals surface area contributed by atoms with Gasteiger partial charge < -0.3 is 4.74 Å². The number of Topliss-reactive ketones (excluding diaryl/α,β-unsaturated/α-hetero) is 1. The predicted molar refractivity (Wildman–Crippen MR) is 74.7 cm³/mol. The Morgan fingerprint density at radius 2 is 2.00 bits per heavy atom. The Kier molecular flexibility index (Phi) is 3.22. The standard InChI is InChI=1S/C17H13NO2/c18-11-13-6-7-17-15(9-13)16(19)10-14(20-17)8-12-4-2-1-3-5-12/h1-7,9,14H,8,10H2. The number of nitriles is 1. The molecule has 0 fully saturated rings. The first-order chi connectivity index (χ1) is 9.76. The maximum Gasteiger partial charge on any atom is 0.170 e. The SMILES string of the molecule is N#Cc1ccc2c(c1)C(=O)CC(Cc1ccccc1)O2. The minimum Gasteiger partial charge on any atom is -0.489 e. The van der Waals surface area contributed by atoms with Crippen LogP contribution in [0, 0.1) is 11.3 Å². The van der Waals surface area contributed by atoms with Crippen LogP contribution >= 0.6 is 0 Å². The fourth-order valence-corrected chi connectivity index (χ4v) is 2.45. The molecule has 3 rings (SSSR count). The van der Waals surface area contributed by atoms with Gasteiger partial charge in [0.05, 0.1) is 17.2 Å².